The number of rotatable bonds is 2. The van der Waals surface area contributed by atoms with E-state index in [1.165, 1.54) is 0 Å². The molecule has 0 aliphatic carbocycles. The zero-order valence-corrected chi connectivity index (χ0v) is 10.5. The molecule has 0 bridgehead atoms. The smallest absolute Gasteiger partial charge is 0.159 e. The van der Waals surface area contributed by atoms with Crippen LogP contribution in [0.15, 0.2) is 28.9 Å². The molecule has 1 heterocycles. The van der Waals surface area contributed by atoms with Crippen molar-refractivity contribution < 1.29 is 4.74 Å². The Bertz CT molecular complexity index is 501. The van der Waals surface area contributed by atoms with Crippen LogP contribution in [0.3, 0.4) is 0 Å². The molecule has 0 aliphatic rings. The normalized spacial score (nSPS) is 10.6. The van der Waals surface area contributed by atoms with Crippen LogP contribution in [0.1, 0.15) is 6.92 Å². The van der Waals surface area contributed by atoms with E-state index in [4.69, 9.17) is 16.3 Å². The van der Waals surface area contributed by atoms with Gasteiger partial charge >= 0.3 is 0 Å². The third-order valence-corrected chi connectivity index (χ3v) is 2.89. The maximum atomic E-state index is 6.04. The summed E-state index contributed by atoms with van der Waals surface area (Å²) in [5.74, 6) is 0.748. The zero-order valence-electron chi connectivity index (χ0n) is 8.13. The molecule has 0 atom stereocenters. The molecular formula is C11H9BrClNO. The van der Waals surface area contributed by atoms with Gasteiger partial charge in [0.1, 0.15) is 9.76 Å². The van der Waals surface area contributed by atoms with Crippen LogP contribution in [0.2, 0.25) is 5.15 Å². The van der Waals surface area contributed by atoms with E-state index in [9.17, 15) is 0 Å². The highest BCUT2D eigenvalue weighted by Crippen LogP contribution is 2.35. The number of aromatic nitrogens is 1. The summed E-state index contributed by atoms with van der Waals surface area (Å²) < 4.78 is 6.18. The fourth-order valence-corrected chi connectivity index (χ4v) is 2.31. The maximum Gasteiger partial charge on any atom is 0.159 e. The summed E-state index contributed by atoms with van der Waals surface area (Å²) in [6, 6.07) is 7.78. The van der Waals surface area contributed by atoms with Gasteiger partial charge in [-0.1, -0.05) is 35.9 Å². The Hall–Kier alpha value is -0.800. The van der Waals surface area contributed by atoms with Crippen molar-refractivity contribution in [1.82, 2.24) is 4.98 Å². The summed E-state index contributed by atoms with van der Waals surface area (Å²) in [5, 5.41) is 2.37. The van der Waals surface area contributed by atoms with E-state index in [1.54, 1.807) is 0 Å². The number of fused-ring (bicyclic) bond motifs is 1. The molecule has 15 heavy (non-hydrogen) atoms. The van der Waals surface area contributed by atoms with Crippen molar-refractivity contribution in [3.63, 3.8) is 0 Å². The van der Waals surface area contributed by atoms with Crippen LogP contribution in [0.5, 0.6) is 5.75 Å². The van der Waals surface area contributed by atoms with Crippen LogP contribution in [0, 0.1) is 0 Å². The molecule has 0 saturated heterocycles. The summed E-state index contributed by atoms with van der Waals surface area (Å²) in [5.41, 5.74) is 0. The van der Waals surface area contributed by atoms with Gasteiger partial charge in [-0.25, -0.2) is 4.98 Å². The number of benzene rings is 1. The number of hydrogen-bond donors (Lipinski definition) is 0. The van der Waals surface area contributed by atoms with Gasteiger partial charge in [-0.3, -0.25) is 0 Å². The van der Waals surface area contributed by atoms with Crippen molar-refractivity contribution in [3.05, 3.63) is 34.0 Å². The van der Waals surface area contributed by atoms with Crippen LogP contribution in [-0.2, 0) is 0 Å². The van der Waals surface area contributed by atoms with Crippen LogP contribution < -0.4 is 4.74 Å². The minimum atomic E-state index is 0.487. The first-order valence-electron chi connectivity index (χ1n) is 4.60. The van der Waals surface area contributed by atoms with Crippen LogP contribution in [0.4, 0.5) is 0 Å². The molecule has 78 valence electrons. The van der Waals surface area contributed by atoms with Gasteiger partial charge in [-0.15, -0.1) is 0 Å². The quantitative estimate of drug-likeness (QED) is 0.777. The topological polar surface area (TPSA) is 22.1 Å². The summed E-state index contributed by atoms with van der Waals surface area (Å²) >= 11 is 9.39. The molecule has 0 amide bonds. The third kappa shape index (κ3) is 1.94. The Morgan fingerprint density at radius 3 is 2.67 bits per heavy atom. The largest absolute Gasteiger partial charge is 0.490 e. The van der Waals surface area contributed by atoms with E-state index in [0.29, 0.717) is 16.4 Å². The molecule has 0 spiro atoms. The van der Waals surface area contributed by atoms with E-state index < -0.39 is 0 Å². The minimum absolute atomic E-state index is 0.487. The van der Waals surface area contributed by atoms with Gasteiger partial charge in [0, 0.05) is 10.8 Å². The SMILES string of the molecule is CCOc1c(Br)nc(Cl)c2ccccc12. The standard InChI is InChI=1S/C11H9BrClNO/c1-2-15-9-7-5-3-4-6-8(7)11(13)14-10(9)12/h3-6H,2H2,1H3. The monoisotopic (exact) mass is 285 g/mol. The van der Waals surface area contributed by atoms with E-state index >= 15 is 0 Å². The highest BCUT2D eigenvalue weighted by molar-refractivity contribution is 9.10. The van der Waals surface area contributed by atoms with Gasteiger partial charge in [-0.05, 0) is 22.9 Å². The van der Waals surface area contributed by atoms with E-state index in [-0.39, 0.29) is 0 Å². The second-order valence-corrected chi connectivity index (χ2v) is 4.11. The van der Waals surface area contributed by atoms with E-state index in [1.807, 2.05) is 31.2 Å². The Labute approximate surface area is 101 Å². The lowest BCUT2D eigenvalue weighted by atomic mass is 10.2. The van der Waals surface area contributed by atoms with Crippen molar-refractivity contribution in [2.24, 2.45) is 0 Å². The second kappa shape index (κ2) is 4.37. The van der Waals surface area contributed by atoms with Crippen LogP contribution in [-0.4, -0.2) is 11.6 Å². The average molecular weight is 287 g/mol. The first kappa shape index (κ1) is 10.7. The third-order valence-electron chi connectivity index (χ3n) is 2.07. The van der Waals surface area contributed by atoms with Crippen molar-refractivity contribution >= 4 is 38.3 Å². The number of hydrogen-bond acceptors (Lipinski definition) is 2. The van der Waals surface area contributed by atoms with Crippen molar-refractivity contribution in [1.29, 1.82) is 0 Å². The number of nitrogens with zero attached hydrogens (tertiary/aromatic N) is 1. The first-order chi connectivity index (χ1) is 7.24. The molecule has 0 radical (unpaired) electrons. The van der Waals surface area contributed by atoms with Gasteiger partial charge in [0.25, 0.3) is 0 Å². The number of ether oxygens (including phenoxy) is 1. The predicted octanol–water partition coefficient (Wildman–Crippen LogP) is 4.05. The van der Waals surface area contributed by atoms with E-state index in [0.717, 1.165) is 16.5 Å². The maximum absolute atomic E-state index is 6.04. The summed E-state index contributed by atoms with van der Waals surface area (Å²) in [7, 11) is 0. The fourth-order valence-electron chi connectivity index (χ4n) is 1.45. The van der Waals surface area contributed by atoms with Gasteiger partial charge in [0.15, 0.2) is 5.75 Å². The summed E-state index contributed by atoms with van der Waals surface area (Å²) in [6.07, 6.45) is 0. The Kier molecular flexibility index (Phi) is 3.12. The van der Waals surface area contributed by atoms with Crippen molar-refractivity contribution in [2.75, 3.05) is 6.61 Å². The molecule has 2 aromatic rings. The van der Waals surface area contributed by atoms with E-state index in [2.05, 4.69) is 20.9 Å². The van der Waals surface area contributed by atoms with Crippen LogP contribution in [0.25, 0.3) is 10.8 Å². The molecule has 2 rings (SSSR count). The summed E-state index contributed by atoms with van der Waals surface area (Å²) in [6.45, 7) is 2.54. The molecule has 2 nitrogen and oxygen atoms in total. The number of halogens is 2. The molecule has 1 aromatic heterocycles. The molecule has 0 N–H and O–H groups in total. The van der Waals surface area contributed by atoms with Gasteiger partial charge in [0.05, 0.1) is 6.61 Å². The van der Waals surface area contributed by atoms with Gasteiger partial charge in [0.2, 0.25) is 0 Å². The zero-order chi connectivity index (χ0) is 10.8. The van der Waals surface area contributed by atoms with Crippen LogP contribution >= 0.6 is 27.5 Å². The molecule has 0 fully saturated rings. The Morgan fingerprint density at radius 2 is 2.00 bits per heavy atom. The van der Waals surface area contributed by atoms with Crippen molar-refractivity contribution in [3.8, 4) is 5.75 Å². The predicted molar refractivity (Wildman–Crippen MR) is 65.6 cm³/mol. The highest BCUT2D eigenvalue weighted by Gasteiger charge is 2.11. The lowest BCUT2D eigenvalue weighted by Crippen LogP contribution is -1.95. The first-order valence-corrected chi connectivity index (χ1v) is 5.77. The minimum Gasteiger partial charge on any atom is -0.490 e. The highest BCUT2D eigenvalue weighted by atomic mass is 79.9. The molecular weight excluding hydrogens is 277 g/mol. The molecule has 4 heteroatoms. The average Bonchev–Trinajstić information content (AvgIpc) is 2.24. The molecule has 1 aromatic carbocycles. The van der Waals surface area contributed by atoms with Gasteiger partial charge in [-0.2, -0.15) is 0 Å². The fraction of sp³-hybridized carbons (Fsp3) is 0.182. The second-order valence-electron chi connectivity index (χ2n) is 3.00. The lowest BCUT2D eigenvalue weighted by Gasteiger charge is -2.09. The molecule has 0 unspecified atom stereocenters. The van der Waals surface area contributed by atoms with Crippen molar-refractivity contribution in [2.45, 2.75) is 6.92 Å². The Morgan fingerprint density at radius 1 is 1.33 bits per heavy atom. The summed E-state index contributed by atoms with van der Waals surface area (Å²) in [4.78, 5) is 4.18. The molecule has 0 saturated carbocycles. The molecule has 0 aliphatic heterocycles. The lowest BCUT2D eigenvalue weighted by molar-refractivity contribution is 0.340. The number of pyridine rings is 1. The van der Waals surface area contributed by atoms with Gasteiger partial charge < -0.3 is 4.74 Å². The Balaban J connectivity index is 2.77.